The highest BCUT2D eigenvalue weighted by Crippen LogP contribution is 2.21. The maximum Gasteiger partial charge on any atom is 0.0974 e. The molecule has 0 atom stereocenters. The summed E-state index contributed by atoms with van der Waals surface area (Å²) in [6.45, 7) is 0.742. The van der Waals surface area contributed by atoms with Crippen LogP contribution < -0.4 is 0 Å². The minimum atomic E-state index is 0.410. The molecule has 0 aromatic carbocycles. The molecule has 14 heavy (non-hydrogen) atoms. The first kappa shape index (κ1) is 10.1. The molecule has 0 unspecified atom stereocenters. The van der Waals surface area contributed by atoms with Crippen molar-refractivity contribution in [2.45, 2.75) is 12.4 Å². The number of hydrogen-bond donors (Lipinski definition) is 0. The fourth-order valence-electron chi connectivity index (χ4n) is 1.09. The van der Waals surface area contributed by atoms with Crippen LogP contribution in [-0.2, 0) is 12.4 Å². The van der Waals surface area contributed by atoms with Crippen molar-refractivity contribution in [3.8, 4) is 0 Å². The van der Waals surface area contributed by atoms with Crippen molar-refractivity contribution in [2.24, 2.45) is 0 Å². The SMILES string of the molecule is ClCc1cn(Cc2csc(Br)c2)nn1. The summed E-state index contributed by atoms with van der Waals surface area (Å²) in [6, 6.07) is 2.08. The largest absolute Gasteiger partial charge is 0.248 e. The van der Waals surface area contributed by atoms with Crippen LogP contribution in [0.4, 0.5) is 0 Å². The Balaban J connectivity index is 2.10. The Bertz CT molecular complexity index is 426. The predicted octanol–water partition coefficient (Wildman–Crippen LogP) is 2.89. The molecule has 3 nitrogen and oxygen atoms in total. The first-order valence-electron chi connectivity index (χ1n) is 3.96. The predicted molar refractivity (Wildman–Crippen MR) is 60.7 cm³/mol. The summed E-state index contributed by atoms with van der Waals surface area (Å²) in [6.07, 6.45) is 1.86. The van der Waals surface area contributed by atoms with Crippen molar-refractivity contribution in [1.29, 1.82) is 0 Å². The van der Waals surface area contributed by atoms with E-state index in [0.29, 0.717) is 5.88 Å². The van der Waals surface area contributed by atoms with Crippen molar-refractivity contribution >= 4 is 38.9 Å². The lowest BCUT2D eigenvalue weighted by molar-refractivity contribution is 0.650. The van der Waals surface area contributed by atoms with Crippen LogP contribution in [0.5, 0.6) is 0 Å². The molecule has 0 aliphatic heterocycles. The number of rotatable bonds is 3. The van der Waals surface area contributed by atoms with Gasteiger partial charge in [-0.15, -0.1) is 28.0 Å². The molecule has 0 saturated heterocycles. The Morgan fingerprint density at radius 3 is 3.00 bits per heavy atom. The van der Waals surface area contributed by atoms with Gasteiger partial charge in [0.05, 0.1) is 28.1 Å². The minimum Gasteiger partial charge on any atom is -0.248 e. The van der Waals surface area contributed by atoms with E-state index in [1.165, 1.54) is 5.56 Å². The van der Waals surface area contributed by atoms with E-state index >= 15 is 0 Å². The van der Waals surface area contributed by atoms with Crippen molar-refractivity contribution in [2.75, 3.05) is 0 Å². The van der Waals surface area contributed by atoms with Gasteiger partial charge in [-0.1, -0.05) is 5.21 Å². The molecule has 0 aliphatic rings. The summed E-state index contributed by atoms with van der Waals surface area (Å²) in [7, 11) is 0. The van der Waals surface area contributed by atoms with Crippen LogP contribution in [0.2, 0.25) is 0 Å². The normalized spacial score (nSPS) is 10.7. The van der Waals surface area contributed by atoms with Crippen LogP contribution in [0.1, 0.15) is 11.3 Å². The van der Waals surface area contributed by atoms with E-state index in [0.717, 1.165) is 16.0 Å². The minimum absolute atomic E-state index is 0.410. The number of thiophene rings is 1. The van der Waals surface area contributed by atoms with Gasteiger partial charge in [0.1, 0.15) is 0 Å². The number of alkyl halides is 1. The second kappa shape index (κ2) is 4.42. The van der Waals surface area contributed by atoms with Gasteiger partial charge in [0.2, 0.25) is 0 Å². The van der Waals surface area contributed by atoms with Crippen LogP contribution in [0, 0.1) is 0 Å². The van der Waals surface area contributed by atoms with Gasteiger partial charge in [0.25, 0.3) is 0 Å². The molecule has 0 bridgehead atoms. The van der Waals surface area contributed by atoms with E-state index in [9.17, 15) is 0 Å². The number of halogens is 2. The average Bonchev–Trinajstić information content (AvgIpc) is 2.76. The van der Waals surface area contributed by atoms with Crippen LogP contribution >= 0.6 is 38.9 Å². The van der Waals surface area contributed by atoms with E-state index in [2.05, 4.69) is 37.7 Å². The molecule has 2 rings (SSSR count). The average molecular weight is 293 g/mol. The molecule has 0 saturated carbocycles. The molecule has 0 aliphatic carbocycles. The molecule has 0 spiro atoms. The molecule has 0 radical (unpaired) electrons. The smallest absolute Gasteiger partial charge is 0.0974 e. The van der Waals surface area contributed by atoms with E-state index in [-0.39, 0.29) is 0 Å². The van der Waals surface area contributed by atoms with E-state index in [1.54, 1.807) is 16.0 Å². The molecular formula is C8H7BrClN3S. The summed E-state index contributed by atoms with van der Waals surface area (Å²) in [5.74, 6) is 0.410. The monoisotopic (exact) mass is 291 g/mol. The standard InChI is InChI=1S/C8H7BrClN3S/c9-8-1-6(5-14-8)3-13-4-7(2-10)11-12-13/h1,4-5H,2-3H2. The van der Waals surface area contributed by atoms with Gasteiger partial charge in [0.15, 0.2) is 0 Å². The zero-order valence-electron chi connectivity index (χ0n) is 7.15. The Kier molecular flexibility index (Phi) is 3.20. The second-order valence-corrected chi connectivity index (χ2v) is 5.36. The highest BCUT2D eigenvalue weighted by molar-refractivity contribution is 9.11. The quantitative estimate of drug-likeness (QED) is 0.815. The van der Waals surface area contributed by atoms with Crippen LogP contribution in [-0.4, -0.2) is 15.0 Å². The lowest BCUT2D eigenvalue weighted by Gasteiger charge is -1.94. The summed E-state index contributed by atoms with van der Waals surface area (Å²) in [5, 5.41) is 9.96. The van der Waals surface area contributed by atoms with Gasteiger partial charge in [-0.05, 0) is 32.9 Å². The molecule has 2 aromatic heterocycles. The summed E-state index contributed by atoms with van der Waals surface area (Å²) in [4.78, 5) is 0. The Morgan fingerprint density at radius 2 is 2.43 bits per heavy atom. The van der Waals surface area contributed by atoms with Gasteiger partial charge in [-0.2, -0.15) is 0 Å². The maximum atomic E-state index is 5.63. The van der Waals surface area contributed by atoms with Gasteiger partial charge in [-0.25, -0.2) is 4.68 Å². The molecule has 74 valence electrons. The topological polar surface area (TPSA) is 30.7 Å². The van der Waals surface area contributed by atoms with Gasteiger partial charge >= 0.3 is 0 Å². The van der Waals surface area contributed by atoms with Crippen molar-refractivity contribution in [3.05, 3.63) is 32.7 Å². The van der Waals surface area contributed by atoms with Gasteiger partial charge in [-0.3, -0.25) is 0 Å². The van der Waals surface area contributed by atoms with Crippen LogP contribution in [0.25, 0.3) is 0 Å². The van der Waals surface area contributed by atoms with E-state index < -0.39 is 0 Å². The third-order valence-corrected chi connectivity index (χ3v) is 3.52. The number of nitrogens with zero attached hydrogens (tertiary/aromatic N) is 3. The Hall–Kier alpha value is -0.390. The highest BCUT2D eigenvalue weighted by atomic mass is 79.9. The van der Waals surface area contributed by atoms with Crippen molar-refractivity contribution in [3.63, 3.8) is 0 Å². The molecule has 2 heterocycles. The van der Waals surface area contributed by atoms with Gasteiger partial charge < -0.3 is 0 Å². The van der Waals surface area contributed by atoms with Crippen molar-refractivity contribution in [1.82, 2.24) is 15.0 Å². The van der Waals surface area contributed by atoms with Gasteiger partial charge in [0, 0.05) is 0 Å². The Morgan fingerprint density at radius 1 is 1.57 bits per heavy atom. The molecule has 6 heteroatoms. The van der Waals surface area contributed by atoms with E-state index in [1.807, 2.05) is 6.20 Å². The number of aromatic nitrogens is 3. The lowest BCUT2D eigenvalue weighted by atomic mass is 10.3. The first-order valence-corrected chi connectivity index (χ1v) is 6.16. The fraction of sp³-hybridized carbons (Fsp3) is 0.250. The Labute approximate surface area is 98.8 Å². The molecule has 0 fully saturated rings. The third kappa shape index (κ3) is 2.34. The van der Waals surface area contributed by atoms with E-state index in [4.69, 9.17) is 11.6 Å². The summed E-state index contributed by atoms with van der Waals surface area (Å²) >= 11 is 10.7. The highest BCUT2D eigenvalue weighted by Gasteiger charge is 2.01. The molecule has 2 aromatic rings. The zero-order chi connectivity index (χ0) is 9.97. The summed E-state index contributed by atoms with van der Waals surface area (Å²) in [5.41, 5.74) is 2.02. The fourth-order valence-corrected chi connectivity index (χ4v) is 2.42. The maximum absolute atomic E-state index is 5.63. The van der Waals surface area contributed by atoms with Crippen LogP contribution in [0.15, 0.2) is 21.4 Å². The summed E-state index contributed by atoms with van der Waals surface area (Å²) < 4.78 is 2.91. The van der Waals surface area contributed by atoms with Crippen LogP contribution in [0.3, 0.4) is 0 Å². The third-order valence-electron chi connectivity index (χ3n) is 1.69. The lowest BCUT2D eigenvalue weighted by Crippen LogP contribution is -1.98. The molecule has 0 N–H and O–H groups in total. The number of hydrogen-bond acceptors (Lipinski definition) is 3. The van der Waals surface area contributed by atoms with Crippen molar-refractivity contribution < 1.29 is 0 Å². The zero-order valence-corrected chi connectivity index (χ0v) is 10.3. The molecule has 0 amide bonds. The second-order valence-electron chi connectivity index (χ2n) is 2.80. The first-order chi connectivity index (χ1) is 6.78. The molecular weight excluding hydrogens is 286 g/mol.